The molecule has 0 aromatic heterocycles. The molecule has 2 saturated heterocycles. The summed E-state index contributed by atoms with van der Waals surface area (Å²) >= 11 is 0. The highest BCUT2D eigenvalue weighted by molar-refractivity contribution is 5.33. The molecule has 24 heavy (non-hydrogen) atoms. The van der Waals surface area contributed by atoms with Crippen molar-refractivity contribution in [2.75, 3.05) is 39.3 Å². The third-order valence-corrected chi connectivity index (χ3v) is 6.27. The molecule has 0 radical (unpaired) electrons. The van der Waals surface area contributed by atoms with Crippen molar-refractivity contribution in [3.05, 3.63) is 35.4 Å². The van der Waals surface area contributed by atoms with Crippen molar-refractivity contribution in [2.45, 2.75) is 51.2 Å². The van der Waals surface area contributed by atoms with Gasteiger partial charge in [0.2, 0.25) is 0 Å². The maximum absolute atomic E-state index is 5.87. The van der Waals surface area contributed by atoms with Crippen LogP contribution in [0.2, 0.25) is 0 Å². The predicted octanol–water partition coefficient (Wildman–Crippen LogP) is 2.98. The zero-order valence-electron chi connectivity index (χ0n) is 15.3. The average Bonchev–Trinajstić information content (AvgIpc) is 2.98. The van der Waals surface area contributed by atoms with Crippen LogP contribution >= 0.6 is 0 Å². The number of rotatable bonds is 3. The standard InChI is InChI=1S/C21H32N2O/c1-21(2)15-17(7-12-24-21)16-22-8-10-23(11-9-22)20-13-18-5-3-4-6-19(18)14-20/h3-6,17,20H,7-16H2,1-2H3. The average molecular weight is 329 g/mol. The smallest absolute Gasteiger partial charge is 0.0629 e. The maximum atomic E-state index is 5.87. The molecule has 0 saturated carbocycles. The summed E-state index contributed by atoms with van der Waals surface area (Å²) in [6.07, 6.45) is 4.96. The molecule has 0 amide bonds. The Labute approximate surface area is 147 Å². The second kappa shape index (κ2) is 6.78. The topological polar surface area (TPSA) is 15.7 Å². The lowest BCUT2D eigenvalue weighted by Crippen LogP contribution is -2.52. The normalized spacial score (nSPS) is 28.8. The molecular formula is C21H32N2O. The van der Waals surface area contributed by atoms with E-state index in [0.717, 1.165) is 18.6 Å². The fourth-order valence-electron chi connectivity index (χ4n) is 4.98. The minimum absolute atomic E-state index is 0.0837. The van der Waals surface area contributed by atoms with E-state index in [1.54, 1.807) is 11.1 Å². The van der Waals surface area contributed by atoms with Gasteiger partial charge in [0.1, 0.15) is 0 Å². The van der Waals surface area contributed by atoms with Gasteiger partial charge in [0.25, 0.3) is 0 Å². The van der Waals surface area contributed by atoms with Gasteiger partial charge >= 0.3 is 0 Å². The highest BCUT2D eigenvalue weighted by Crippen LogP contribution is 2.30. The van der Waals surface area contributed by atoms with Crippen LogP contribution in [0.3, 0.4) is 0 Å². The zero-order valence-corrected chi connectivity index (χ0v) is 15.3. The van der Waals surface area contributed by atoms with Gasteiger partial charge in [-0.1, -0.05) is 24.3 Å². The molecule has 0 bridgehead atoms. The molecule has 132 valence electrons. The minimum atomic E-state index is 0.0837. The van der Waals surface area contributed by atoms with E-state index in [-0.39, 0.29) is 5.60 Å². The Hall–Kier alpha value is -0.900. The van der Waals surface area contributed by atoms with E-state index < -0.39 is 0 Å². The second-order valence-electron chi connectivity index (χ2n) is 8.63. The number of benzene rings is 1. The summed E-state index contributed by atoms with van der Waals surface area (Å²) in [4.78, 5) is 5.44. The van der Waals surface area contributed by atoms with Crippen LogP contribution in [0.15, 0.2) is 24.3 Å². The van der Waals surface area contributed by atoms with E-state index in [4.69, 9.17) is 4.74 Å². The summed E-state index contributed by atoms with van der Waals surface area (Å²) in [5, 5.41) is 0. The van der Waals surface area contributed by atoms with Gasteiger partial charge in [-0.25, -0.2) is 0 Å². The number of piperazine rings is 1. The molecule has 1 aliphatic carbocycles. The SMILES string of the molecule is CC1(C)CC(CN2CCN(C3Cc4ccccc4C3)CC2)CCO1. The lowest BCUT2D eigenvalue weighted by molar-refractivity contribution is -0.0784. The summed E-state index contributed by atoms with van der Waals surface area (Å²) in [5.41, 5.74) is 3.24. The van der Waals surface area contributed by atoms with Crippen molar-refractivity contribution in [1.82, 2.24) is 9.80 Å². The zero-order chi connectivity index (χ0) is 16.6. The predicted molar refractivity (Wildman–Crippen MR) is 98.4 cm³/mol. The first-order valence-corrected chi connectivity index (χ1v) is 9.76. The Bertz CT molecular complexity index is 538. The monoisotopic (exact) mass is 328 g/mol. The van der Waals surface area contributed by atoms with E-state index in [1.807, 2.05) is 0 Å². The number of hydrogen-bond donors (Lipinski definition) is 0. The fourth-order valence-corrected chi connectivity index (χ4v) is 4.98. The summed E-state index contributed by atoms with van der Waals surface area (Å²) in [6.45, 7) is 11.7. The first-order chi connectivity index (χ1) is 11.6. The molecule has 2 fully saturated rings. The summed E-state index contributed by atoms with van der Waals surface area (Å²) < 4.78 is 5.87. The van der Waals surface area contributed by atoms with Crippen molar-refractivity contribution < 1.29 is 4.74 Å². The number of fused-ring (bicyclic) bond motifs is 1. The quantitative estimate of drug-likeness (QED) is 0.848. The third kappa shape index (κ3) is 3.68. The molecule has 3 nitrogen and oxygen atoms in total. The van der Waals surface area contributed by atoms with Gasteiger partial charge in [0.15, 0.2) is 0 Å². The van der Waals surface area contributed by atoms with Gasteiger partial charge < -0.3 is 9.64 Å². The van der Waals surface area contributed by atoms with Crippen molar-refractivity contribution >= 4 is 0 Å². The maximum Gasteiger partial charge on any atom is 0.0629 e. The van der Waals surface area contributed by atoms with Gasteiger partial charge in [-0.05, 0) is 56.6 Å². The Morgan fingerprint density at radius 3 is 2.33 bits per heavy atom. The van der Waals surface area contributed by atoms with Crippen LogP contribution in [-0.4, -0.2) is 60.8 Å². The second-order valence-corrected chi connectivity index (χ2v) is 8.63. The Morgan fingerprint density at radius 2 is 1.71 bits per heavy atom. The molecule has 1 aromatic carbocycles. The Morgan fingerprint density at radius 1 is 1.04 bits per heavy atom. The highest BCUT2D eigenvalue weighted by Gasteiger charge is 2.32. The molecule has 2 heterocycles. The Balaban J connectivity index is 1.26. The number of hydrogen-bond acceptors (Lipinski definition) is 3. The van der Waals surface area contributed by atoms with Gasteiger partial charge in [-0.3, -0.25) is 4.90 Å². The first kappa shape index (κ1) is 16.6. The first-order valence-electron chi connectivity index (χ1n) is 9.76. The van der Waals surface area contributed by atoms with Gasteiger partial charge in [0, 0.05) is 45.4 Å². The van der Waals surface area contributed by atoms with E-state index in [0.29, 0.717) is 0 Å². The summed E-state index contributed by atoms with van der Waals surface area (Å²) in [7, 11) is 0. The van der Waals surface area contributed by atoms with Crippen LogP contribution in [-0.2, 0) is 17.6 Å². The largest absolute Gasteiger partial charge is 0.376 e. The van der Waals surface area contributed by atoms with E-state index in [9.17, 15) is 0 Å². The van der Waals surface area contributed by atoms with E-state index in [2.05, 4.69) is 47.9 Å². The van der Waals surface area contributed by atoms with Crippen molar-refractivity contribution in [2.24, 2.45) is 5.92 Å². The lowest BCUT2D eigenvalue weighted by atomic mass is 9.88. The Kier molecular flexibility index (Phi) is 4.68. The van der Waals surface area contributed by atoms with Crippen LogP contribution in [0, 0.1) is 5.92 Å². The molecular weight excluding hydrogens is 296 g/mol. The van der Waals surface area contributed by atoms with Crippen LogP contribution in [0.25, 0.3) is 0 Å². The number of ether oxygens (including phenoxy) is 1. The van der Waals surface area contributed by atoms with Crippen molar-refractivity contribution in [1.29, 1.82) is 0 Å². The molecule has 0 spiro atoms. The number of nitrogens with zero attached hydrogens (tertiary/aromatic N) is 2. The molecule has 4 rings (SSSR count). The van der Waals surface area contributed by atoms with Gasteiger partial charge in [-0.15, -0.1) is 0 Å². The molecule has 3 aliphatic rings. The fraction of sp³-hybridized carbons (Fsp3) is 0.714. The molecule has 1 unspecified atom stereocenters. The lowest BCUT2D eigenvalue weighted by Gasteiger charge is -2.42. The molecule has 1 atom stereocenters. The van der Waals surface area contributed by atoms with Crippen LogP contribution < -0.4 is 0 Å². The summed E-state index contributed by atoms with van der Waals surface area (Å²) in [5.74, 6) is 0.816. The van der Waals surface area contributed by atoms with Crippen molar-refractivity contribution in [3.63, 3.8) is 0 Å². The van der Waals surface area contributed by atoms with Crippen molar-refractivity contribution in [3.8, 4) is 0 Å². The van der Waals surface area contributed by atoms with Crippen LogP contribution in [0.5, 0.6) is 0 Å². The highest BCUT2D eigenvalue weighted by atomic mass is 16.5. The molecule has 1 aromatic rings. The molecule has 2 aliphatic heterocycles. The molecule has 0 N–H and O–H groups in total. The third-order valence-electron chi connectivity index (χ3n) is 6.27. The van der Waals surface area contributed by atoms with Gasteiger partial charge in [-0.2, -0.15) is 0 Å². The van der Waals surface area contributed by atoms with Crippen LogP contribution in [0.4, 0.5) is 0 Å². The molecule has 3 heteroatoms. The van der Waals surface area contributed by atoms with E-state index in [1.165, 1.54) is 58.4 Å². The van der Waals surface area contributed by atoms with Gasteiger partial charge in [0.05, 0.1) is 5.60 Å². The minimum Gasteiger partial charge on any atom is -0.376 e. The van der Waals surface area contributed by atoms with E-state index >= 15 is 0 Å². The summed E-state index contributed by atoms with van der Waals surface area (Å²) in [6, 6.07) is 9.76. The van der Waals surface area contributed by atoms with Crippen LogP contribution in [0.1, 0.15) is 37.8 Å².